The van der Waals surface area contributed by atoms with E-state index in [9.17, 15) is 4.79 Å². The third-order valence-electron chi connectivity index (χ3n) is 3.95. The molecule has 27 heavy (non-hydrogen) atoms. The maximum absolute atomic E-state index is 12.5. The van der Waals surface area contributed by atoms with E-state index in [1.165, 1.54) is 31.4 Å². The highest BCUT2D eigenvalue weighted by Gasteiger charge is 2.16. The quantitative estimate of drug-likeness (QED) is 0.395. The van der Waals surface area contributed by atoms with Gasteiger partial charge in [-0.25, -0.2) is 0 Å². The first-order valence-corrected chi connectivity index (χ1v) is 10.3. The molecule has 7 heteroatoms. The van der Waals surface area contributed by atoms with Gasteiger partial charge in [0, 0.05) is 5.56 Å². The highest BCUT2D eigenvalue weighted by Crippen LogP contribution is 2.35. The predicted molar refractivity (Wildman–Crippen MR) is 115 cm³/mol. The second kappa shape index (κ2) is 11.0. The molecule has 0 heterocycles. The average molecular weight is 449 g/mol. The Morgan fingerprint density at radius 2 is 1.63 bits per heavy atom. The molecule has 0 unspecified atom stereocenters. The SMILES string of the molecule is CCCCCCCOc1c(Cl)cc(C(=O)Nc2cccc(Cl)c2Cl)cc1Cl. The Hall–Kier alpha value is -1.13. The average Bonchev–Trinajstić information content (AvgIpc) is 2.63. The normalized spacial score (nSPS) is 10.7. The number of carbonyl (C=O) groups excluding carboxylic acids is 1. The molecule has 1 amide bonds. The Morgan fingerprint density at radius 1 is 0.963 bits per heavy atom. The van der Waals surface area contributed by atoms with E-state index in [0.29, 0.717) is 38.7 Å². The zero-order valence-corrected chi connectivity index (χ0v) is 18.0. The van der Waals surface area contributed by atoms with Crippen LogP contribution in [0.4, 0.5) is 5.69 Å². The van der Waals surface area contributed by atoms with Crippen molar-refractivity contribution in [2.75, 3.05) is 11.9 Å². The first-order valence-electron chi connectivity index (χ1n) is 8.81. The van der Waals surface area contributed by atoms with Gasteiger partial charge in [0.2, 0.25) is 0 Å². The molecular formula is C20H21Cl4NO2. The van der Waals surface area contributed by atoms with Crippen molar-refractivity contribution in [1.29, 1.82) is 0 Å². The van der Waals surface area contributed by atoms with Gasteiger partial charge in [0.1, 0.15) is 0 Å². The van der Waals surface area contributed by atoms with Gasteiger partial charge < -0.3 is 10.1 Å². The number of rotatable bonds is 9. The van der Waals surface area contributed by atoms with Gasteiger partial charge in [-0.15, -0.1) is 0 Å². The number of halogens is 4. The summed E-state index contributed by atoms with van der Waals surface area (Å²) in [6.45, 7) is 2.71. The first-order chi connectivity index (χ1) is 12.9. The van der Waals surface area contributed by atoms with Crippen molar-refractivity contribution in [1.82, 2.24) is 0 Å². The van der Waals surface area contributed by atoms with Crippen LogP contribution in [0, 0.1) is 0 Å². The summed E-state index contributed by atoms with van der Waals surface area (Å²) in [5.41, 5.74) is 0.713. The van der Waals surface area contributed by atoms with Gasteiger partial charge in [0.25, 0.3) is 5.91 Å². The van der Waals surface area contributed by atoms with Crippen molar-refractivity contribution in [2.24, 2.45) is 0 Å². The second-order valence-electron chi connectivity index (χ2n) is 6.09. The van der Waals surface area contributed by atoms with Gasteiger partial charge in [-0.05, 0) is 30.7 Å². The molecule has 3 nitrogen and oxygen atoms in total. The summed E-state index contributed by atoms with van der Waals surface area (Å²) in [6, 6.07) is 8.04. The molecule has 2 aromatic rings. The van der Waals surface area contributed by atoms with Crippen LogP contribution in [0.2, 0.25) is 20.1 Å². The van der Waals surface area contributed by atoms with Crippen molar-refractivity contribution in [2.45, 2.75) is 39.0 Å². The Kier molecular flexibility index (Phi) is 9.04. The van der Waals surface area contributed by atoms with Crippen molar-refractivity contribution in [3.63, 3.8) is 0 Å². The fourth-order valence-corrected chi connectivity index (χ4v) is 3.45. The molecule has 0 aliphatic carbocycles. The van der Waals surface area contributed by atoms with Gasteiger partial charge in [0.15, 0.2) is 5.75 Å². The summed E-state index contributed by atoms with van der Waals surface area (Å²) < 4.78 is 5.70. The summed E-state index contributed by atoms with van der Waals surface area (Å²) >= 11 is 24.6. The van der Waals surface area contributed by atoms with E-state index in [-0.39, 0.29) is 5.02 Å². The smallest absolute Gasteiger partial charge is 0.255 e. The van der Waals surface area contributed by atoms with Crippen LogP contribution in [0.5, 0.6) is 5.75 Å². The van der Waals surface area contributed by atoms with Crippen LogP contribution in [0.3, 0.4) is 0 Å². The molecule has 2 aromatic carbocycles. The maximum atomic E-state index is 12.5. The standard InChI is InChI=1S/C20H21Cl4NO2/c1-2-3-4-5-6-10-27-19-15(22)11-13(12-16(19)23)20(26)25-17-9-7-8-14(21)18(17)24/h7-9,11-12H,2-6,10H2,1H3,(H,25,26). The molecule has 0 saturated carbocycles. The van der Waals surface area contributed by atoms with Gasteiger partial charge >= 0.3 is 0 Å². The fourth-order valence-electron chi connectivity index (χ4n) is 2.50. The van der Waals surface area contributed by atoms with E-state index >= 15 is 0 Å². The van der Waals surface area contributed by atoms with E-state index < -0.39 is 5.91 Å². The predicted octanol–water partition coefficient (Wildman–Crippen LogP) is 7.90. The molecule has 0 aliphatic heterocycles. The number of anilines is 1. The largest absolute Gasteiger partial charge is 0.490 e. The Balaban J connectivity index is 2.02. The van der Waals surface area contributed by atoms with Crippen molar-refractivity contribution in [3.8, 4) is 5.75 Å². The lowest BCUT2D eigenvalue weighted by molar-refractivity contribution is 0.102. The number of unbranched alkanes of at least 4 members (excludes halogenated alkanes) is 4. The molecule has 146 valence electrons. The number of ether oxygens (including phenoxy) is 1. The summed E-state index contributed by atoms with van der Waals surface area (Å²) in [7, 11) is 0. The van der Waals surface area contributed by atoms with Crippen LogP contribution in [0.15, 0.2) is 30.3 Å². The highest BCUT2D eigenvalue weighted by molar-refractivity contribution is 6.44. The molecule has 0 saturated heterocycles. The summed E-state index contributed by atoms with van der Waals surface area (Å²) in [4.78, 5) is 12.5. The molecule has 0 radical (unpaired) electrons. The molecule has 1 N–H and O–H groups in total. The van der Waals surface area contributed by atoms with Gasteiger partial charge in [-0.2, -0.15) is 0 Å². The molecule has 0 aliphatic rings. The van der Waals surface area contributed by atoms with E-state index in [2.05, 4.69) is 12.2 Å². The highest BCUT2D eigenvalue weighted by atomic mass is 35.5. The topological polar surface area (TPSA) is 38.3 Å². The number of amides is 1. The molecular weight excluding hydrogens is 428 g/mol. The molecule has 0 spiro atoms. The van der Waals surface area contributed by atoms with E-state index in [4.69, 9.17) is 51.1 Å². The number of hydrogen-bond acceptors (Lipinski definition) is 2. The zero-order valence-electron chi connectivity index (χ0n) is 15.0. The molecule has 0 atom stereocenters. The van der Waals surface area contributed by atoms with Crippen molar-refractivity contribution in [3.05, 3.63) is 56.0 Å². The minimum atomic E-state index is -0.394. The molecule has 0 bridgehead atoms. The van der Waals surface area contributed by atoms with Gasteiger partial charge in [-0.3, -0.25) is 4.79 Å². The molecule has 0 aromatic heterocycles. The zero-order chi connectivity index (χ0) is 19.8. The minimum Gasteiger partial charge on any atom is -0.490 e. The van der Waals surface area contributed by atoms with Crippen LogP contribution in [-0.2, 0) is 0 Å². The molecule has 2 rings (SSSR count). The lowest BCUT2D eigenvalue weighted by Crippen LogP contribution is -2.12. The molecule has 0 fully saturated rings. The maximum Gasteiger partial charge on any atom is 0.255 e. The lowest BCUT2D eigenvalue weighted by Gasteiger charge is -2.13. The Bertz CT molecular complexity index is 773. The third-order valence-corrected chi connectivity index (χ3v) is 5.33. The Labute approximate surface area is 179 Å². The Morgan fingerprint density at radius 3 is 2.30 bits per heavy atom. The lowest BCUT2D eigenvalue weighted by atomic mass is 10.1. The minimum absolute atomic E-state index is 0.271. The van der Waals surface area contributed by atoms with Crippen LogP contribution < -0.4 is 10.1 Å². The van der Waals surface area contributed by atoms with Crippen LogP contribution in [0.1, 0.15) is 49.4 Å². The van der Waals surface area contributed by atoms with Crippen LogP contribution >= 0.6 is 46.4 Å². The first kappa shape index (κ1) is 22.2. The third kappa shape index (κ3) is 6.46. The summed E-state index contributed by atoms with van der Waals surface area (Å²) in [5.74, 6) is 0.000227. The monoisotopic (exact) mass is 447 g/mol. The summed E-state index contributed by atoms with van der Waals surface area (Å²) in [6.07, 6.45) is 5.64. The van der Waals surface area contributed by atoms with Crippen LogP contribution in [-0.4, -0.2) is 12.5 Å². The number of nitrogens with one attached hydrogen (secondary N) is 1. The van der Waals surface area contributed by atoms with E-state index in [0.717, 1.165) is 12.8 Å². The van der Waals surface area contributed by atoms with Gasteiger partial charge in [0.05, 0.1) is 32.4 Å². The fraction of sp³-hybridized carbons (Fsp3) is 0.350. The van der Waals surface area contributed by atoms with Gasteiger partial charge in [-0.1, -0.05) is 85.1 Å². The van der Waals surface area contributed by atoms with E-state index in [1.54, 1.807) is 18.2 Å². The van der Waals surface area contributed by atoms with Crippen LogP contribution in [0.25, 0.3) is 0 Å². The van der Waals surface area contributed by atoms with Crippen molar-refractivity contribution < 1.29 is 9.53 Å². The number of carbonyl (C=O) groups is 1. The second-order valence-corrected chi connectivity index (χ2v) is 7.69. The number of benzene rings is 2. The number of hydrogen-bond donors (Lipinski definition) is 1. The van der Waals surface area contributed by atoms with E-state index in [1.807, 2.05) is 0 Å². The summed E-state index contributed by atoms with van der Waals surface area (Å²) in [5, 5.41) is 3.91. The van der Waals surface area contributed by atoms with Crippen molar-refractivity contribution >= 4 is 58.0 Å².